The number of aryl methyl sites for hydroxylation is 1. The van der Waals surface area contributed by atoms with Gasteiger partial charge >= 0.3 is 5.97 Å². The molecule has 82 valence electrons. The van der Waals surface area contributed by atoms with Crippen LogP contribution in [0.15, 0.2) is 42.5 Å². The number of halogens is 1. The number of hydrogen-bond donors (Lipinski definition) is 1. The van der Waals surface area contributed by atoms with Gasteiger partial charge in [-0.15, -0.1) is 12.4 Å². The van der Waals surface area contributed by atoms with Crippen LogP contribution in [-0.2, 0) is 11.2 Å². The molecule has 1 aromatic rings. The van der Waals surface area contributed by atoms with E-state index in [2.05, 4.69) is 6.58 Å². The monoisotopic (exact) mass is 226 g/mol. The summed E-state index contributed by atoms with van der Waals surface area (Å²) in [5, 5.41) is 8.58. The Hall–Kier alpha value is -1.28. The molecule has 0 bridgehead atoms. The van der Waals surface area contributed by atoms with Crippen molar-refractivity contribution in [3.05, 3.63) is 48.0 Å². The van der Waals surface area contributed by atoms with Crippen LogP contribution in [0, 0.1) is 0 Å². The van der Waals surface area contributed by atoms with E-state index < -0.39 is 5.97 Å². The number of hydrogen-bond acceptors (Lipinski definition) is 1. The van der Waals surface area contributed by atoms with Gasteiger partial charge in [0.2, 0.25) is 0 Å². The first kappa shape index (κ1) is 13.7. The summed E-state index contributed by atoms with van der Waals surface area (Å²) in [6.45, 7) is 3.49. The van der Waals surface area contributed by atoms with Gasteiger partial charge in [0.25, 0.3) is 0 Å². The van der Waals surface area contributed by atoms with Crippen molar-refractivity contribution in [3.8, 4) is 0 Å². The third-order valence-corrected chi connectivity index (χ3v) is 2.09. The Bertz CT molecular complexity index is 320. The first-order valence-corrected chi connectivity index (χ1v) is 4.65. The van der Waals surface area contributed by atoms with E-state index in [1.54, 1.807) is 0 Å². The molecule has 0 aliphatic heterocycles. The van der Waals surface area contributed by atoms with Gasteiger partial charge in [-0.1, -0.05) is 36.9 Å². The van der Waals surface area contributed by atoms with Crippen LogP contribution in [0.25, 0.3) is 0 Å². The van der Waals surface area contributed by atoms with Gasteiger partial charge in [-0.25, -0.2) is 4.79 Å². The molecule has 0 radical (unpaired) electrons. The van der Waals surface area contributed by atoms with Crippen LogP contribution in [0.3, 0.4) is 0 Å². The maximum atomic E-state index is 10.4. The van der Waals surface area contributed by atoms with Crippen molar-refractivity contribution in [1.82, 2.24) is 0 Å². The molecule has 0 heterocycles. The quantitative estimate of drug-likeness (QED) is 0.784. The summed E-state index contributed by atoms with van der Waals surface area (Å²) in [4.78, 5) is 10.4. The third-order valence-electron chi connectivity index (χ3n) is 2.09. The summed E-state index contributed by atoms with van der Waals surface area (Å²) < 4.78 is 0. The van der Waals surface area contributed by atoms with Gasteiger partial charge in [0.05, 0.1) is 0 Å². The van der Waals surface area contributed by atoms with Crippen molar-refractivity contribution in [2.75, 3.05) is 0 Å². The minimum Gasteiger partial charge on any atom is -0.478 e. The Morgan fingerprint density at radius 3 is 2.40 bits per heavy atom. The van der Waals surface area contributed by atoms with Crippen molar-refractivity contribution in [2.45, 2.75) is 19.3 Å². The van der Waals surface area contributed by atoms with E-state index in [-0.39, 0.29) is 12.4 Å². The van der Waals surface area contributed by atoms with Gasteiger partial charge in [0, 0.05) is 5.57 Å². The highest BCUT2D eigenvalue weighted by molar-refractivity contribution is 5.85. The highest BCUT2D eigenvalue weighted by atomic mass is 35.5. The normalized spacial score (nSPS) is 9.07. The lowest BCUT2D eigenvalue weighted by molar-refractivity contribution is -0.132. The van der Waals surface area contributed by atoms with Gasteiger partial charge in [-0.3, -0.25) is 0 Å². The number of carbonyl (C=O) groups is 1. The lowest BCUT2D eigenvalue weighted by Crippen LogP contribution is -1.99. The van der Waals surface area contributed by atoms with Crippen molar-refractivity contribution in [2.24, 2.45) is 0 Å². The SMILES string of the molecule is C=C(CCCc1ccccc1)C(=O)O.Cl. The molecule has 0 atom stereocenters. The number of rotatable bonds is 5. The number of aliphatic carboxylic acids is 1. The molecule has 1 rings (SSSR count). The number of carboxylic acid groups (broad SMARTS) is 1. The van der Waals surface area contributed by atoms with Crippen LogP contribution >= 0.6 is 12.4 Å². The molecule has 1 aromatic carbocycles. The zero-order chi connectivity index (χ0) is 10.4. The second kappa shape index (κ2) is 7.07. The molecule has 0 fully saturated rings. The third kappa shape index (κ3) is 5.23. The summed E-state index contributed by atoms with van der Waals surface area (Å²) in [7, 11) is 0. The Kier molecular flexibility index (Phi) is 6.47. The van der Waals surface area contributed by atoms with Crippen molar-refractivity contribution < 1.29 is 9.90 Å². The molecule has 0 spiro atoms. The smallest absolute Gasteiger partial charge is 0.330 e. The van der Waals surface area contributed by atoms with E-state index in [4.69, 9.17) is 5.11 Å². The molecule has 2 nitrogen and oxygen atoms in total. The highest BCUT2D eigenvalue weighted by Gasteiger charge is 2.02. The molecule has 0 unspecified atom stereocenters. The predicted octanol–water partition coefficient (Wildman–Crippen LogP) is 3.07. The van der Waals surface area contributed by atoms with Crippen LogP contribution in [0.5, 0.6) is 0 Å². The first-order chi connectivity index (χ1) is 6.70. The van der Waals surface area contributed by atoms with E-state index >= 15 is 0 Å². The molecule has 3 heteroatoms. The maximum absolute atomic E-state index is 10.4. The van der Waals surface area contributed by atoms with Gasteiger partial charge < -0.3 is 5.11 Å². The summed E-state index contributed by atoms with van der Waals surface area (Å²) in [5.41, 5.74) is 1.53. The Morgan fingerprint density at radius 1 is 1.27 bits per heavy atom. The van der Waals surface area contributed by atoms with Crippen LogP contribution < -0.4 is 0 Å². The average Bonchev–Trinajstić information content (AvgIpc) is 2.19. The van der Waals surface area contributed by atoms with Crippen LogP contribution in [0.1, 0.15) is 18.4 Å². The fraction of sp³-hybridized carbons (Fsp3) is 0.250. The zero-order valence-electron chi connectivity index (χ0n) is 8.48. The second-order valence-electron chi connectivity index (χ2n) is 3.25. The Balaban J connectivity index is 0.00000196. The fourth-order valence-corrected chi connectivity index (χ4v) is 1.26. The lowest BCUT2D eigenvalue weighted by atomic mass is 10.1. The summed E-state index contributed by atoms with van der Waals surface area (Å²) in [6, 6.07) is 10.0. The minimum atomic E-state index is -0.891. The first-order valence-electron chi connectivity index (χ1n) is 4.65. The highest BCUT2D eigenvalue weighted by Crippen LogP contribution is 2.08. The standard InChI is InChI=1S/C12H14O2.ClH/c1-10(12(13)14)6-5-9-11-7-3-2-4-8-11;/h2-4,7-8H,1,5-6,9H2,(H,13,14);1H. The topological polar surface area (TPSA) is 37.3 Å². The van der Waals surface area contributed by atoms with Crippen molar-refractivity contribution >= 4 is 18.4 Å². The lowest BCUT2D eigenvalue weighted by Gasteiger charge is -2.01. The van der Waals surface area contributed by atoms with Crippen molar-refractivity contribution in [3.63, 3.8) is 0 Å². The van der Waals surface area contributed by atoms with E-state index in [9.17, 15) is 4.79 Å². The zero-order valence-corrected chi connectivity index (χ0v) is 9.30. The molecule has 0 saturated carbocycles. The molecule has 0 saturated heterocycles. The van der Waals surface area contributed by atoms with Crippen LogP contribution in [-0.4, -0.2) is 11.1 Å². The summed E-state index contributed by atoms with van der Waals surface area (Å²) >= 11 is 0. The minimum absolute atomic E-state index is 0. The molecule has 0 aliphatic rings. The maximum Gasteiger partial charge on any atom is 0.330 e. The Morgan fingerprint density at radius 2 is 1.87 bits per heavy atom. The second-order valence-corrected chi connectivity index (χ2v) is 3.25. The van der Waals surface area contributed by atoms with Gasteiger partial charge in [0.15, 0.2) is 0 Å². The Labute approximate surface area is 96.0 Å². The fourth-order valence-electron chi connectivity index (χ4n) is 1.26. The van der Waals surface area contributed by atoms with Crippen molar-refractivity contribution in [1.29, 1.82) is 0 Å². The van der Waals surface area contributed by atoms with Crippen LogP contribution in [0.4, 0.5) is 0 Å². The van der Waals surface area contributed by atoms with E-state index in [1.807, 2.05) is 30.3 Å². The largest absolute Gasteiger partial charge is 0.478 e. The predicted molar refractivity (Wildman–Crippen MR) is 63.4 cm³/mol. The van der Waals surface area contributed by atoms with Gasteiger partial charge in [-0.2, -0.15) is 0 Å². The van der Waals surface area contributed by atoms with Crippen LogP contribution in [0.2, 0.25) is 0 Å². The van der Waals surface area contributed by atoms with E-state index in [0.29, 0.717) is 12.0 Å². The number of benzene rings is 1. The molecule has 0 amide bonds. The van der Waals surface area contributed by atoms with E-state index in [1.165, 1.54) is 5.56 Å². The molecule has 1 N–H and O–H groups in total. The molecular weight excluding hydrogens is 212 g/mol. The summed E-state index contributed by atoms with van der Waals surface area (Å²) in [6.07, 6.45) is 2.31. The summed E-state index contributed by atoms with van der Waals surface area (Å²) in [5.74, 6) is -0.891. The average molecular weight is 227 g/mol. The van der Waals surface area contributed by atoms with Gasteiger partial charge in [-0.05, 0) is 24.8 Å². The molecular formula is C12H15ClO2. The molecule has 15 heavy (non-hydrogen) atoms. The van der Waals surface area contributed by atoms with Gasteiger partial charge in [0.1, 0.15) is 0 Å². The molecule has 0 aliphatic carbocycles. The molecule has 0 aromatic heterocycles. The van der Waals surface area contributed by atoms with E-state index in [0.717, 1.165) is 12.8 Å². The number of carboxylic acids is 1.